The number of nitrogen functional groups attached to an aromatic ring is 2. The number of carbonyl (C=O) groups is 2. The molecule has 2 aliphatic rings. The lowest BCUT2D eigenvalue weighted by Gasteiger charge is -2.41. The minimum Gasteiger partial charge on any atom is -0.460 e. The maximum Gasteiger partial charge on any atom is 0.306 e. The van der Waals surface area contributed by atoms with Crippen molar-refractivity contribution in [1.29, 1.82) is 0 Å². The molecule has 0 aromatic carbocycles. The number of hydrogen-bond donors (Lipinski definition) is 4. The van der Waals surface area contributed by atoms with Crippen molar-refractivity contribution >= 4 is 23.3 Å². The number of aromatic nitrogens is 2. The lowest BCUT2D eigenvalue weighted by Crippen LogP contribution is -2.46. The SMILES string of the molecule is CC(C)[C@@H]1O[C@H](c2ccncc2N)C[C@H](CC(=O)OC(C)(C)C)[C@H]1O.CC(C)[C@H]1O[C@@H](c2ccncc2N)C[C@@H](CC(=O)OC(C)(C)C)[C@@H]1O. The number of hydrogen-bond acceptors (Lipinski definition) is 12. The molecule has 2 saturated heterocycles. The van der Waals surface area contributed by atoms with Gasteiger partial charge in [0.15, 0.2) is 0 Å². The first-order chi connectivity index (χ1) is 23.2. The second-order valence-electron chi connectivity index (χ2n) is 16.2. The van der Waals surface area contributed by atoms with Crippen LogP contribution in [0.15, 0.2) is 36.9 Å². The van der Waals surface area contributed by atoms with Crippen molar-refractivity contribution in [2.24, 2.45) is 23.7 Å². The number of ether oxygens (including phenoxy) is 4. The normalized spacial score (nSPS) is 27.3. The maximum absolute atomic E-state index is 12.3. The van der Waals surface area contributed by atoms with Crippen molar-refractivity contribution in [1.82, 2.24) is 9.97 Å². The first kappa shape index (κ1) is 41.1. The molecule has 2 aromatic heterocycles. The smallest absolute Gasteiger partial charge is 0.306 e. The van der Waals surface area contributed by atoms with E-state index in [0.717, 1.165) is 11.1 Å². The highest BCUT2D eigenvalue weighted by atomic mass is 16.6. The molecule has 0 radical (unpaired) electrons. The molecular formula is C38H60N4O8. The van der Waals surface area contributed by atoms with Gasteiger partial charge < -0.3 is 40.6 Å². The van der Waals surface area contributed by atoms with Gasteiger partial charge in [-0.2, -0.15) is 0 Å². The van der Waals surface area contributed by atoms with Crippen LogP contribution in [0.2, 0.25) is 0 Å². The van der Waals surface area contributed by atoms with Gasteiger partial charge in [-0.05, 0) is 78.4 Å². The van der Waals surface area contributed by atoms with E-state index in [1.165, 1.54) is 0 Å². The molecule has 0 spiro atoms. The fourth-order valence-corrected chi connectivity index (χ4v) is 6.54. The van der Waals surface area contributed by atoms with Gasteiger partial charge in [-0.1, -0.05) is 27.7 Å². The van der Waals surface area contributed by atoms with Crippen LogP contribution in [0.3, 0.4) is 0 Å². The standard InChI is InChI=1S/2C19H30N2O4/c2*1-11(2)18-17(23)12(9-16(22)25-19(3,4)5)8-15(24-18)13-6-7-21-10-14(13)20/h2*6-7,10-12,15,17-18,23H,8-9,20H2,1-5H3/t2*12-,15+,17-,18+/m10/s1. The Balaban J connectivity index is 0.000000270. The van der Waals surface area contributed by atoms with Gasteiger partial charge in [-0.15, -0.1) is 0 Å². The second kappa shape index (κ2) is 17.3. The van der Waals surface area contributed by atoms with Crippen LogP contribution >= 0.6 is 0 Å². The zero-order chi connectivity index (χ0) is 37.6. The summed E-state index contributed by atoms with van der Waals surface area (Å²) < 4.78 is 23.1. The lowest BCUT2D eigenvalue weighted by atomic mass is 9.81. The van der Waals surface area contributed by atoms with Gasteiger partial charge in [0.1, 0.15) is 11.2 Å². The summed E-state index contributed by atoms with van der Waals surface area (Å²) in [4.78, 5) is 32.5. The third kappa shape index (κ3) is 11.9. The quantitative estimate of drug-likeness (QED) is 0.246. The molecule has 4 heterocycles. The number of carbonyl (C=O) groups excluding carboxylic acids is 2. The van der Waals surface area contributed by atoms with Crippen molar-refractivity contribution < 1.29 is 38.7 Å². The monoisotopic (exact) mass is 700 g/mol. The van der Waals surface area contributed by atoms with Gasteiger partial charge >= 0.3 is 11.9 Å². The van der Waals surface area contributed by atoms with E-state index in [1.54, 1.807) is 24.8 Å². The van der Waals surface area contributed by atoms with E-state index in [1.807, 2.05) is 81.4 Å². The van der Waals surface area contributed by atoms with Crippen LogP contribution in [0, 0.1) is 23.7 Å². The minimum atomic E-state index is -0.716. The summed E-state index contributed by atoms with van der Waals surface area (Å²) in [5.74, 6) is -0.865. The number of esters is 2. The highest BCUT2D eigenvalue weighted by Gasteiger charge is 2.43. The summed E-state index contributed by atoms with van der Waals surface area (Å²) in [6.07, 6.45) is 5.18. The molecule has 4 rings (SSSR count). The Morgan fingerprint density at radius 2 is 1.08 bits per heavy atom. The highest BCUT2D eigenvalue weighted by Crippen LogP contribution is 2.42. The van der Waals surface area contributed by atoms with Crippen LogP contribution in [-0.2, 0) is 28.5 Å². The molecule has 280 valence electrons. The van der Waals surface area contributed by atoms with Gasteiger partial charge in [-0.25, -0.2) is 0 Å². The van der Waals surface area contributed by atoms with Crippen molar-refractivity contribution in [2.75, 3.05) is 11.5 Å². The summed E-state index contributed by atoms with van der Waals surface area (Å²) in [6.45, 7) is 19.0. The number of nitrogens with two attached hydrogens (primary N) is 2. The van der Waals surface area contributed by atoms with Gasteiger partial charge in [-0.3, -0.25) is 19.6 Å². The summed E-state index contributed by atoms with van der Waals surface area (Å²) in [5, 5.41) is 21.4. The summed E-state index contributed by atoms with van der Waals surface area (Å²) >= 11 is 0. The first-order valence-corrected chi connectivity index (χ1v) is 17.7. The number of pyridine rings is 2. The van der Waals surface area contributed by atoms with Crippen LogP contribution in [0.25, 0.3) is 0 Å². The van der Waals surface area contributed by atoms with E-state index in [4.69, 9.17) is 30.4 Å². The molecule has 8 atom stereocenters. The highest BCUT2D eigenvalue weighted by molar-refractivity contribution is 5.70. The summed E-state index contributed by atoms with van der Waals surface area (Å²) in [5.41, 5.74) is 13.8. The molecule has 0 bridgehead atoms. The van der Waals surface area contributed by atoms with Crippen molar-refractivity contribution in [3.05, 3.63) is 48.0 Å². The molecule has 0 unspecified atom stereocenters. The largest absolute Gasteiger partial charge is 0.460 e. The van der Waals surface area contributed by atoms with Crippen molar-refractivity contribution in [3.63, 3.8) is 0 Å². The molecule has 12 heteroatoms. The van der Waals surface area contributed by atoms with Crippen LogP contribution in [0.1, 0.15) is 118 Å². The second-order valence-corrected chi connectivity index (χ2v) is 16.2. The van der Waals surface area contributed by atoms with E-state index in [0.29, 0.717) is 24.2 Å². The molecule has 12 nitrogen and oxygen atoms in total. The van der Waals surface area contributed by atoms with Crippen molar-refractivity contribution in [3.8, 4) is 0 Å². The zero-order valence-electron chi connectivity index (χ0n) is 31.5. The Labute approximate surface area is 297 Å². The third-order valence-corrected chi connectivity index (χ3v) is 8.80. The van der Waals surface area contributed by atoms with Crippen LogP contribution < -0.4 is 11.5 Å². The van der Waals surface area contributed by atoms with Crippen LogP contribution in [0.5, 0.6) is 0 Å². The third-order valence-electron chi connectivity index (χ3n) is 8.80. The first-order valence-electron chi connectivity index (χ1n) is 17.7. The van der Waals surface area contributed by atoms with Gasteiger partial charge in [0.05, 0.1) is 73.2 Å². The lowest BCUT2D eigenvalue weighted by molar-refractivity contribution is -0.177. The van der Waals surface area contributed by atoms with Crippen molar-refractivity contribution in [2.45, 2.75) is 143 Å². The number of rotatable bonds is 8. The topological polar surface area (TPSA) is 189 Å². The van der Waals surface area contributed by atoms with E-state index >= 15 is 0 Å². The Morgan fingerprint density at radius 3 is 1.36 bits per heavy atom. The van der Waals surface area contributed by atoms with E-state index < -0.39 is 23.4 Å². The Morgan fingerprint density at radius 1 is 0.740 bits per heavy atom. The molecule has 6 N–H and O–H groups in total. The molecule has 0 amide bonds. The minimum absolute atomic E-state index is 0.113. The summed E-state index contributed by atoms with van der Waals surface area (Å²) in [7, 11) is 0. The predicted molar refractivity (Wildman–Crippen MR) is 191 cm³/mol. The Bertz CT molecular complexity index is 1300. The molecule has 50 heavy (non-hydrogen) atoms. The fourth-order valence-electron chi connectivity index (χ4n) is 6.54. The average Bonchev–Trinajstić information content (AvgIpc) is 2.98. The van der Waals surface area contributed by atoms with Gasteiger partial charge in [0.25, 0.3) is 0 Å². The molecule has 2 aliphatic heterocycles. The van der Waals surface area contributed by atoms with Gasteiger partial charge in [0, 0.05) is 35.4 Å². The number of anilines is 2. The zero-order valence-corrected chi connectivity index (χ0v) is 31.5. The fraction of sp³-hybridized carbons (Fsp3) is 0.684. The maximum atomic E-state index is 12.3. The van der Waals surface area contributed by atoms with E-state index in [-0.39, 0.29) is 72.9 Å². The summed E-state index contributed by atoms with van der Waals surface area (Å²) in [6, 6.07) is 3.67. The average molecular weight is 701 g/mol. The molecule has 2 aromatic rings. The van der Waals surface area contributed by atoms with E-state index in [9.17, 15) is 19.8 Å². The molecular weight excluding hydrogens is 640 g/mol. The molecule has 2 fully saturated rings. The number of aliphatic hydroxyl groups is 2. The number of aliphatic hydroxyl groups excluding tert-OH is 2. The Kier molecular flexibility index (Phi) is 14.2. The molecule has 0 aliphatic carbocycles. The molecule has 0 saturated carbocycles. The van der Waals surface area contributed by atoms with E-state index in [2.05, 4.69) is 9.97 Å². The Hall–Kier alpha value is -3.32. The number of nitrogens with zero attached hydrogens (tertiary/aromatic N) is 2. The predicted octanol–water partition coefficient (Wildman–Crippen LogP) is 5.72. The van der Waals surface area contributed by atoms with Crippen LogP contribution in [0.4, 0.5) is 11.4 Å². The van der Waals surface area contributed by atoms with Crippen LogP contribution in [-0.4, -0.2) is 67.7 Å². The van der Waals surface area contributed by atoms with Gasteiger partial charge in [0.2, 0.25) is 0 Å².